The Kier molecular flexibility index (Phi) is 9.22. The van der Waals surface area contributed by atoms with Crippen molar-refractivity contribution in [2.24, 2.45) is 0 Å². The molecule has 2 aliphatic heterocycles. The number of rotatable bonds is 8. The van der Waals surface area contributed by atoms with Gasteiger partial charge in [-0.1, -0.05) is 36.4 Å². The van der Waals surface area contributed by atoms with Gasteiger partial charge in [-0.25, -0.2) is 4.79 Å². The van der Waals surface area contributed by atoms with Gasteiger partial charge in [-0.05, 0) is 30.7 Å². The summed E-state index contributed by atoms with van der Waals surface area (Å²) in [6.45, 7) is 4.43. The van der Waals surface area contributed by atoms with Crippen LogP contribution in [0.1, 0.15) is 24.0 Å². The fourth-order valence-electron chi connectivity index (χ4n) is 4.67. The molecular weight excluding hydrogens is 531 g/mol. The van der Waals surface area contributed by atoms with Gasteiger partial charge in [0.15, 0.2) is 0 Å². The Morgan fingerprint density at radius 1 is 1.15 bits per heavy atom. The van der Waals surface area contributed by atoms with Crippen molar-refractivity contribution < 1.29 is 31.6 Å². The second-order valence-electron chi connectivity index (χ2n) is 9.08. The van der Waals surface area contributed by atoms with Crippen LogP contribution in [0.2, 0.25) is 0 Å². The Bertz CT molecular complexity index is 1330. The molecule has 0 spiro atoms. The molecule has 4 rings (SSSR count). The van der Waals surface area contributed by atoms with Gasteiger partial charge in [0.2, 0.25) is 0 Å². The van der Waals surface area contributed by atoms with E-state index in [0.29, 0.717) is 37.7 Å². The van der Waals surface area contributed by atoms with Crippen molar-refractivity contribution in [3.05, 3.63) is 88.3 Å². The zero-order valence-corrected chi connectivity index (χ0v) is 22.1. The van der Waals surface area contributed by atoms with E-state index >= 15 is 0 Å². The van der Waals surface area contributed by atoms with E-state index in [0.717, 1.165) is 6.07 Å². The lowest BCUT2D eigenvalue weighted by Gasteiger charge is -2.31. The molecule has 2 aliphatic rings. The van der Waals surface area contributed by atoms with Gasteiger partial charge >= 0.3 is 12.1 Å². The number of morpholine rings is 1. The molecule has 0 aliphatic carbocycles. The van der Waals surface area contributed by atoms with Crippen molar-refractivity contribution in [3.8, 4) is 6.07 Å². The normalized spacial score (nSPS) is 19.3. The molecule has 2 unspecified atom stereocenters. The van der Waals surface area contributed by atoms with Crippen molar-refractivity contribution in [2.75, 3.05) is 45.2 Å². The number of hydrogen-bond donors (Lipinski definition) is 1. The molecule has 11 heteroatoms. The van der Waals surface area contributed by atoms with Gasteiger partial charge in [-0.3, -0.25) is 9.11 Å². The van der Waals surface area contributed by atoms with Crippen molar-refractivity contribution in [1.82, 2.24) is 10.2 Å². The molecule has 0 aromatic heterocycles. The molecule has 7 nitrogen and oxygen atoms in total. The molecule has 2 atom stereocenters. The van der Waals surface area contributed by atoms with E-state index in [1.54, 1.807) is 37.3 Å². The minimum atomic E-state index is -4.73. The van der Waals surface area contributed by atoms with Crippen molar-refractivity contribution in [2.45, 2.75) is 23.9 Å². The fourth-order valence-corrected chi connectivity index (χ4v) is 5.79. The lowest BCUT2D eigenvalue weighted by atomic mass is 9.79. The smallest absolute Gasteiger partial charge is 0.416 e. The van der Waals surface area contributed by atoms with Crippen molar-refractivity contribution >= 4 is 16.8 Å². The van der Waals surface area contributed by atoms with Crippen LogP contribution >= 0.6 is 0 Å². The Labute approximate surface area is 227 Å². The summed E-state index contributed by atoms with van der Waals surface area (Å²) in [5, 5.41) is 13.0. The molecule has 2 heterocycles. The van der Waals surface area contributed by atoms with Gasteiger partial charge < -0.3 is 14.8 Å². The molecule has 2 aromatic rings. The zero-order chi connectivity index (χ0) is 28.0. The molecule has 206 valence electrons. The standard InChI is InChI=1S/C28H28F3N3O4S/c1-19-22(17-32)25(21-9-5-6-10-23(21)28(29,30)31)26(27(35)38-16-13-34-11-14-37-15-12-34)24(33-19)18-39(36)20-7-3-2-4-8-20/h2-10,25,33H,11-16,18H2,1H3. The van der Waals surface area contributed by atoms with E-state index in [1.165, 1.54) is 18.2 Å². The minimum Gasteiger partial charge on any atom is -0.461 e. The number of ether oxygens (including phenoxy) is 2. The van der Waals surface area contributed by atoms with Crippen LogP contribution in [0, 0.1) is 11.3 Å². The van der Waals surface area contributed by atoms with Crippen LogP contribution in [0.5, 0.6) is 0 Å². The van der Waals surface area contributed by atoms with E-state index in [1.807, 2.05) is 6.07 Å². The first-order valence-corrected chi connectivity index (χ1v) is 13.7. The van der Waals surface area contributed by atoms with E-state index < -0.39 is 34.4 Å². The Balaban J connectivity index is 1.76. The number of hydrogen-bond acceptors (Lipinski definition) is 7. The maximum absolute atomic E-state index is 14.1. The minimum absolute atomic E-state index is 0.00436. The largest absolute Gasteiger partial charge is 0.461 e. The Morgan fingerprint density at radius 2 is 1.82 bits per heavy atom. The summed E-state index contributed by atoms with van der Waals surface area (Å²) in [4.78, 5) is 16.2. The van der Waals surface area contributed by atoms with Crippen LogP contribution in [-0.2, 0) is 31.2 Å². The molecule has 0 amide bonds. The number of nitriles is 1. The number of esters is 1. The van der Waals surface area contributed by atoms with E-state index in [-0.39, 0.29) is 40.5 Å². The second-order valence-corrected chi connectivity index (χ2v) is 10.5. The number of carbonyl (C=O) groups excluding carboxylic acids is 1. The second kappa shape index (κ2) is 12.6. The third kappa shape index (κ3) is 6.76. The van der Waals surface area contributed by atoms with Crippen molar-refractivity contribution in [3.63, 3.8) is 0 Å². The van der Waals surface area contributed by atoms with Crippen LogP contribution < -0.4 is 5.32 Å². The summed E-state index contributed by atoms with van der Waals surface area (Å²) in [6, 6.07) is 15.4. The number of allylic oxidation sites excluding steroid dienone is 2. The molecule has 0 saturated carbocycles. The molecule has 1 fully saturated rings. The molecule has 2 aromatic carbocycles. The van der Waals surface area contributed by atoms with Gasteiger partial charge in [0, 0.05) is 35.9 Å². The monoisotopic (exact) mass is 559 g/mol. The molecule has 0 bridgehead atoms. The summed E-state index contributed by atoms with van der Waals surface area (Å²) < 4.78 is 66.4. The van der Waals surface area contributed by atoms with Crippen LogP contribution in [-0.4, -0.2) is 60.3 Å². The predicted octanol–water partition coefficient (Wildman–Crippen LogP) is 4.13. The van der Waals surface area contributed by atoms with Crippen molar-refractivity contribution in [1.29, 1.82) is 5.26 Å². The number of nitrogens with zero attached hydrogens (tertiary/aromatic N) is 2. The lowest BCUT2D eigenvalue weighted by molar-refractivity contribution is -0.141. The maximum Gasteiger partial charge on any atom is 0.416 e. The summed E-state index contributed by atoms with van der Waals surface area (Å²) in [5.74, 6) is -2.40. The highest BCUT2D eigenvalue weighted by Gasteiger charge is 2.42. The average molecular weight is 560 g/mol. The highest BCUT2D eigenvalue weighted by atomic mass is 32.2. The quantitative estimate of drug-likeness (QED) is 0.487. The average Bonchev–Trinajstić information content (AvgIpc) is 2.93. The predicted molar refractivity (Wildman–Crippen MR) is 139 cm³/mol. The van der Waals surface area contributed by atoms with E-state index in [4.69, 9.17) is 9.47 Å². The maximum atomic E-state index is 14.1. The first-order chi connectivity index (χ1) is 18.7. The number of alkyl halides is 3. The first kappa shape index (κ1) is 28.5. The van der Waals surface area contributed by atoms with Crippen LogP contribution in [0.25, 0.3) is 0 Å². The molecule has 39 heavy (non-hydrogen) atoms. The SMILES string of the molecule is CC1=C(C#N)C(c2ccccc2C(F)(F)F)C(C(=O)OCCN2CCOCC2)=C(CS(=O)c2ccccc2)N1. The number of dihydropyridines is 1. The molecule has 0 radical (unpaired) electrons. The topological polar surface area (TPSA) is 91.7 Å². The van der Waals surface area contributed by atoms with Gasteiger partial charge in [0.25, 0.3) is 0 Å². The van der Waals surface area contributed by atoms with Crippen LogP contribution in [0.3, 0.4) is 0 Å². The van der Waals surface area contributed by atoms with Crippen LogP contribution in [0.4, 0.5) is 13.2 Å². The number of benzene rings is 2. The Morgan fingerprint density at radius 3 is 2.49 bits per heavy atom. The van der Waals surface area contributed by atoms with Gasteiger partial charge in [0.1, 0.15) is 6.61 Å². The van der Waals surface area contributed by atoms with Crippen LogP contribution in [0.15, 0.2) is 82.0 Å². The highest BCUT2D eigenvalue weighted by Crippen LogP contribution is 2.44. The van der Waals surface area contributed by atoms with E-state index in [9.17, 15) is 27.4 Å². The number of halogens is 3. The lowest BCUT2D eigenvalue weighted by Crippen LogP contribution is -2.39. The first-order valence-electron chi connectivity index (χ1n) is 12.4. The third-order valence-corrected chi connectivity index (χ3v) is 7.94. The number of nitrogens with one attached hydrogen (secondary N) is 1. The zero-order valence-electron chi connectivity index (χ0n) is 21.3. The molecular formula is C28H28F3N3O4S. The summed E-state index contributed by atoms with van der Waals surface area (Å²) in [6.07, 6.45) is -4.73. The molecule has 1 N–H and O–H groups in total. The summed E-state index contributed by atoms with van der Waals surface area (Å²) in [5.41, 5.74) is -0.956. The molecule has 1 saturated heterocycles. The van der Waals surface area contributed by atoms with Gasteiger partial charge in [0.05, 0.1) is 58.5 Å². The summed E-state index contributed by atoms with van der Waals surface area (Å²) >= 11 is 0. The van der Waals surface area contributed by atoms with E-state index in [2.05, 4.69) is 10.2 Å². The number of carbonyl (C=O) groups is 1. The van der Waals surface area contributed by atoms with Gasteiger partial charge in [-0.15, -0.1) is 0 Å². The fraction of sp³-hybridized carbons (Fsp3) is 0.357. The Hall–Kier alpha value is -3.46. The van der Waals surface area contributed by atoms with Gasteiger partial charge in [-0.2, -0.15) is 18.4 Å². The summed E-state index contributed by atoms with van der Waals surface area (Å²) in [7, 11) is -1.63. The third-order valence-electron chi connectivity index (χ3n) is 6.59. The highest BCUT2D eigenvalue weighted by molar-refractivity contribution is 7.85.